The van der Waals surface area contributed by atoms with Crippen LogP contribution in [0.3, 0.4) is 0 Å². The number of sulfonamides is 1. The molecule has 0 amide bonds. The molecule has 140 valence electrons. The number of aromatic nitrogens is 2. The molecule has 0 aliphatic heterocycles. The Morgan fingerprint density at radius 2 is 1.85 bits per heavy atom. The lowest BCUT2D eigenvalue weighted by Crippen LogP contribution is -2.38. The Labute approximate surface area is 149 Å². The molecule has 0 atom stereocenters. The summed E-state index contributed by atoms with van der Waals surface area (Å²) in [5, 5.41) is 0. The number of esters is 1. The standard InChI is InChI=1S/C16H19N3O6S/c1-4-17-26(23,24)13-7-5-6-11(8-13)15(21)25-10-12-9-14(20)19(3)16(22)18(12)2/h5-9,17H,4,10H2,1-3H3. The first-order valence-corrected chi connectivity index (χ1v) is 9.18. The summed E-state index contributed by atoms with van der Waals surface area (Å²) < 4.78 is 33.6. The van der Waals surface area contributed by atoms with E-state index in [9.17, 15) is 22.8 Å². The van der Waals surface area contributed by atoms with Crippen LogP contribution >= 0.6 is 0 Å². The second-order valence-corrected chi connectivity index (χ2v) is 7.25. The van der Waals surface area contributed by atoms with Crippen LogP contribution in [-0.4, -0.2) is 30.1 Å². The van der Waals surface area contributed by atoms with Gasteiger partial charge in [0, 0.05) is 26.7 Å². The molecule has 1 N–H and O–H groups in total. The Balaban J connectivity index is 2.22. The van der Waals surface area contributed by atoms with Crippen molar-refractivity contribution in [3.05, 3.63) is 62.4 Å². The van der Waals surface area contributed by atoms with Crippen molar-refractivity contribution in [2.24, 2.45) is 14.1 Å². The molecule has 0 bridgehead atoms. The summed E-state index contributed by atoms with van der Waals surface area (Å²) >= 11 is 0. The van der Waals surface area contributed by atoms with Crippen molar-refractivity contribution in [3.8, 4) is 0 Å². The summed E-state index contributed by atoms with van der Waals surface area (Å²) in [5.74, 6) is -0.772. The first-order valence-electron chi connectivity index (χ1n) is 7.70. The van der Waals surface area contributed by atoms with Gasteiger partial charge in [-0.05, 0) is 18.2 Å². The van der Waals surface area contributed by atoms with Gasteiger partial charge in [0.1, 0.15) is 6.61 Å². The largest absolute Gasteiger partial charge is 0.456 e. The van der Waals surface area contributed by atoms with Crippen LogP contribution in [0.15, 0.2) is 44.8 Å². The Morgan fingerprint density at radius 3 is 2.50 bits per heavy atom. The molecular formula is C16H19N3O6S. The molecule has 0 aliphatic carbocycles. The van der Waals surface area contributed by atoms with Gasteiger partial charge in [-0.1, -0.05) is 13.0 Å². The molecule has 1 aromatic carbocycles. The molecule has 0 spiro atoms. The molecule has 9 nitrogen and oxygen atoms in total. The monoisotopic (exact) mass is 381 g/mol. The third kappa shape index (κ3) is 4.09. The molecule has 2 aromatic rings. The van der Waals surface area contributed by atoms with Gasteiger partial charge in [-0.2, -0.15) is 0 Å². The Kier molecular flexibility index (Phi) is 5.78. The first kappa shape index (κ1) is 19.6. The fourth-order valence-electron chi connectivity index (χ4n) is 2.20. The number of carbonyl (C=O) groups excluding carboxylic acids is 1. The quantitative estimate of drug-likeness (QED) is 0.689. The molecule has 10 heteroatoms. The minimum absolute atomic E-state index is 0.0396. The summed E-state index contributed by atoms with van der Waals surface area (Å²) in [4.78, 5) is 35.7. The van der Waals surface area contributed by atoms with E-state index in [1.807, 2.05) is 0 Å². The average molecular weight is 381 g/mol. The summed E-state index contributed by atoms with van der Waals surface area (Å²) in [7, 11) is -0.907. The van der Waals surface area contributed by atoms with Gasteiger partial charge in [0.15, 0.2) is 0 Å². The van der Waals surface area contributed by atoms with Gasteiger partial charge in [-0.25, -0.2) is 22.7 Å². The summed E-state index contributed by atoms with van der Waals surface area (Å²) in [5.41, 5.74) is -0.791. The Bertz CT molecular complexity index is 1050. The lowest BCUT2D eigenvalue weighted by molar-refractivity contribution is 0.0462. The normalized spacial score (nSPS) is 11.3. The minimum atomic E-state index is -3.70. The maximum atomic E-state index is 12.2. The number of ether oxygens (including phenoxy) is 1. The van der Waals surface area contributed by atoms with Crippen molar-refractivity contribution < 1.29 is 17.9 Å². The van der Waals surface area contributed by atoms with Gasteiger partial charge in [-0.3, -0.25) is 13.9 Å². The van der Waals surface area contributed by atoms with Gasteiger partial charge in [-0.15, -0.1) is 0 Å². The number of nitrogens with one attached hydrogen (secondary N) is 1. The highest BCUT2D eigenvalue weighted by Gasteiger charge is 2.16. The molecule has 26 heavy (non-hydrogen) atoms. The minimum Gasteiger partial charge on any atom is -0.456 e. The number of benzene rings is 1. The fourth-order valence-corrected chi connectivity index (χ4v) is 3.29. The lowest BCUT2D eigenvalue weighted by Gasteiger charge is -2.11. The number of rotatable bonds is 6. The highest BCUT2D eigenvalue weighted by molar-refractivity contribution is 7.89. The first-order chi connectivity index (χ1) is 12.2. The fraction of sp³-hybridized carbons (Fsp3) is 0.312. The smallest absolute Gasteiger partial charge is 0.338 e. The number of carbonyl (C=O) groups is 1. The molecule has 0 aliphatic rings. The van der Waals surface area contributed by atoms with E-state index < -0.39 is 27.2 Å². The highest BCUT2D eigenvalue weighted by Crippen LogP contribution is 2.13. The van der Waals surface area contributed by atoms with Gasteiger partial charge in [0.2, 0.25) is 10.0 Å². The zero-order valence-corrected chi connectivity index (χ0v) is 15.4. The molecule has 0 radical (unpaired) electrons. The van der Waals surface area contributed by atoms with Crippen LogP contribution < -0.4 is 16.0 Å². The van der Waals surface area contributed by atoms with Crippen LogP contribution in [-0.2, 0) is 35.5 Å². The molecule has 2 rings (SSSR count). The van der Waals surface area contributed by atoms with Gasteiger partial charge >= 0.3 is 11.7 Å². The van der Waals surface area contributed by atoms with Crippen LogP contribution in [0.25, 0.3) is 0 Å². The molecule has 0 fully saturated rings. The van der Waals surface area contributed by atoms with Crippen LogP contribution in [0.2, 0.25) is 0 Å². The van der Waals surface area contributed by atoms with E-state index in [4.69, 9.17) is 4.74 Å². The maximum absolute atomic E-state index is 12.2. The SMILES string of the molecule is CCNS(=O)(=O)c1cccc(C(=O)OCc2cc(=O)n(C)c(=O)n2C)c1. The van der Waals surface area contributed by atoms with Crippen LogP contribution in [0.4, 0.5) is 0 Å². The van der Waals surface area contributed by atoms with Crippen molar-refractivity contribution in [2.45, 2.75) is 18.4 Å². The van der Waals surface area contributed by atoms with E-state index in [1.165, 1.54) is 49.0 Å². The van der Waals surface area contributed by atoms with Crippen LogP contribution in [0.1, 0.15) is 23.0 Å². The van der Waals surface area contributed by atoms with Crippen molar-refractivity contribution in [1.82, 2.24) is 13.9 Å². The topological polar surface area (TPSA) is 116 Å². The molecule has 0 unspecified atom stereocenters. The summed E-state index contributed by atoms with van der Waals surface area (Å²) in [6, 6.07) is 6.59. The van der Waals surface area contributed by atoms with Crippen molar-refractivity contribution in [1.29, 1.82) is 0 Å². The van der Waals surface area contributed by atoms with E-state index in [2.05, 4.69) is 4.72 Å². The molecule has 0 saturated carbocycles. The van der Waals surface area contributed by atoms with Gasteiger partial charge < -0.3 is 4.74 Å². The molecule has 1 aromatic heterocycles. The van der Waals surface area contributed by atoms with Crippen LogP contribution in [0, 0.1) is 0 Å². The highest BCUT2D eigenvalue weighted by atomic mass is 32.2. The van der Waals surface area contributed by atoms with Gasteiger partial charge in [0.25, 0.3) is 5.56 Å². The van der Waals surface area contributed by atoms with Crippen molar-refractivity contribution in [3.63, 3.8) is 0 Å². The maximum Gasteiger partial charge on any atom is 0.338 e. The van der Waals surface area contributed by atoms with E-state index in [1.54, 1.807) is 6.92 Å². The second kappa shape index (κ2) is 7.67. The Hall–Kier alpha value is -2.72. The molecule has 0 saturated heterocycles. The van der Waals surface area contributed by atoms with Crippen molar-refractivity contribution in [2.75, 3.05) is 6.54 Å². The van der Waals surface area contributed by atoms with Gasteiger partial charge in [0.05, 0.1) is 16.2 Å². The predicted molar refractivity (Wildman–Crippen MR) is 93.3 cm³/mol. The van der Waals surface area contributed by atoms with Crippen LogP contribution in [0.5, 0.6) is 0 Å². The number of nitrogens with zero attached hydrogens (tertiary/aromatic N) is 2. The third-order valence-corrected chi connectivity index (χ3v) is 5.23. The summed E-state index contributed by atoms with van der Waals surface area (Å²) in [6.45, 7) is 1.56. The Morgan fingerprint density at radius 1 is 1.15 bits per heavy atom. The van der Waals surface area contributed by atoms with E-state index in [0.29, 0.717) is 0 Å². The molecular weight excluding hydrogens is 362 g/mol. The van der Waals surface area contributed by atoms with E-state index in [-0.39, 0.29) is 29.3 Å². The second-order valence-electron chi connectivity index (χ2n) is 5.48. The summed E-state index contributed by atoms with van der Waals surface area (Å²) in [6.07, 6.45) is 0. The predicted octanol–water partition coefficient (Wildman–Crippen LogP) is -0.261. The zero-order chi connectivity index (χ0) is 19.5. The lowest BCUT2D eigenvalue weighted by atomic mass is 10.2. The average Bonchev–Trinajstić information content (AvgIpc) is 2.61. The zero-order valence-electron chi connectivity index (χ0n) is 14.6. The number of hydrogen-bond donors (Lipinski definition) is 1. The third-order valence-electron chi connectivity index (χ3n) is 3.69. The van der Waals surface area contributed by atoms with E-state index >= 15 is 0 Å². The molecule has 1 heterocycles. The van der Waals surface area contributed by atoms with Crippen molar-refractivity contribution >= 4 is 16.0 Å². The van der Waals surface area contributed by atoms with E-state index in [0.717, 1.165) is 4.57 Å². The number of hydrogen-bond acceptors (Lipinski definition) is 6.